The highest BCUT2D eigenvalue weighted by atomic mass is 16.2. The molecule has 0 radical (unpaired) electrons. The molecule has 1 N–H and O–H groups in total. The fraction of sp³-hybridized carbons (Fsp3) is 0.727. The van der Waals surface area contributed by atoms with Gasteiger partial charge in [0.05, 0.1) is 0 Å². The molecule has 1 rings (SSSR count). The van der Waals surface area contributed by atoms with Gasteiger partial charge in [0.1, 0.15) is 5.41 Å². The third kappa shape index (κ3) is 1.94. The van der Waals surface area contributed by atoms with Crippen LogP contribution in [0.25, 0.3) is 0 Å². The number of nitrogens with one attached hydrogen (secondary N) is 1. The molecule has 1 saturated heterocycles. The lowest BCUT2D eigenvalue weighted by molar-refractivity contribution is -0.150. The minimum absolute atomic E-state index is 0.378. The molecular weight excluding hydrogens is 208 g/mol. The normalized spacial score (nSPS) is 25.9. The fourth-order valence-corrected chi connectivity index (χ4v) is 1.62. The zero-order chi connectivity index (χ0) is 12.3. The fourth-order valence-electron chi connectivity index (χ4n) is 1.62. The Morgan fingerprint density at radius 1 is 1.25 bits per heavy atom. The van der Waals surface area contributed by atoms with Crippen LogP contribution in [-0.4, -0.2) is 29.3 Å². The van der Waals surface area contributed by atoms with Crippen LogP contribution in [0.2, 0.25) is 0 Å². The van der Waals surface area contributed by atoms with E-state index in [1.54, 1.807) is 13.8 Å². The Balaban J connectivity index is 2.90. The number of barbiturate groups is 1. The highest BCUT2D eigenvalue weighted by Gasteiger charge is 2.48. The number of hydrogen-bond acceptors (Lipinski definition) is 3. The first-order valence-corrected chi connectivity index (χ1v) is 5.64. The van der Waals surface area contributed by atoms with Crippen molar-refractivity contribution in [3.63, 3.8) is 0 Å². The van der Waals surface area contributed by atoms with Crippen LogP contribution in [0.4, 0.5) is 4.79 Å². The maximum absolute atomic E-state index is 12.0. The molecule has 1 unspecified atom stereocenters. The van der Waals surface area contributed by atoms with Gasteiger partial charge in [-0.1, -0.05) is 20.3 Å². The summed E-state index contributed by atoms with van der Waals surface area (Å²) in [6, 6.07) is -0.589. The topological polar surface area (TPSA) is 66.5 Å². The molecule has 1 atom stereocenters. The van der Waals surface area contributed by atoms with E-state index < -0.39 is 17.4 Å². The largest absolute Gasteiger partial charge is 0.330 e. The Morgan fingerprint density at radius 2 is 1.88 bits per heavy atom. The van der Waals surface area contributed by atoms with Gasteiger partial charge in [-0.2, -0.15) is 0 Å². The first-order chi connectivity index (χ1) is 7.47. The molecule has 1 aliphatic rings. The Labute approximate surface area is 95.2 Å². The summed E-state index contributed by atoms with van der Waals surface area (Å²) in [4.78, 5) is 36.3. The van der Waals surface area contributed by atoms with E-state index in [4.69, 9.17) is 0 Å². The van der Waals surface area contributed by atoms with Crippen molar-refractivity contribution in [2.75, 3.05) is 6.54 Å². The highest BCUT2D eigenvalue weighted by Crippen LogP contribution is 2.27. The van der Waals surface area contributed by atoms with E-state index in [0.29, 0.717) is 13.0 Å². The summed E-state index contributed by atoms with van der Waals surface area (Å²) in [5.41, 5.74) is -1.10. The summed E-state index contributed by atoms with van der Waals surface area (Å²) in [5.74, 6) is -0.866. The van der Waals surface area contributed by atoms with Crippen molar-refractivity contribution in [1.29, 1.82) is 0 Å². The van der Waals surface area contributed by atoms with Gasteiger partial charge in [0, 0.05) is 6.54 Å². The van der Waals surface area contributed by atoms with E-state index >= 15 is 0 Å². The zero-order valence-electron chi connectivity index (χ0n) is 10.0. The summed E-state index contributed by atoms with van der Waals surface area (Å²) in [5, 5.41) is 2.24. The van der Waals surface area contributed by atoms with E-state index in [1.165, 1.54) is 0 Å². The Kier molecular flexibility index (Phi) is 3.67. The average molecular weight is 226 g/mol. The van der Waals surface area contributed by atoms with Crippen LogP contribution in [0.1, 0.15) is 40.0 Å². The number of carbonyl (C=O) groups is 3. The van der Waals surface area contributed by atoms with Crippen LogP contribution < -0.4 is 5.32 Å². The van der Waals surface area contributed by atoms with Crippen molar-refractivity contribution in [1.82, 2.24) is 10.2 Å². The van der Waals surface area contributed by atoms with Crippen molar-refractivity contribution < 1.29 is 14.4 Å². The second-order valence-electron chi connectivity index (χ2n) is 4.26. The first-order valence-electron chi connectivity index (χ1n) is 5.64. The van der Waals surface area contributed by atoms with Gasteiger partial charge >= 0.3 is 6.03 Å². The molecule has 5 nitrogen and oxygen atoms in total. The monoisotopic (exact) mass is 226 g/mol. The van der Waals surface area contributed by atoms with Crippen LogP contribution in [0.3, 0.4) is 0 Å². The van der Waals surface area contributed by atoms with Crippen molar-refractivity contribution in [3.8, 4) is 0 Å². The second kappa shape index (κ2) is 4.63. The molecule has 0 aliphatic carbocycles. The number of carbonyl (C=O) groups excluding carboxylic acids is 3. The van der Waals surface area contributed by atoms with Gasteiger partial charge in [-0.25, -0.2) is 4.79 Å². The number of hydrogen-bond donors (Lipinski definition) is 1. The van der Waals surface area contributed by atoms with Crippen molar-refractivity contribution in [2.24, 2.45) is 5.41 Å². The molecular formula is C11H18N2O3. The Morgan fingerprint density at radius 3 is 2.38 bits per heavy atom. The summed E-state index contributed by atoms with van der Waals surface area (Å²) in [7, 11) is 0. The molecule has 0 aromatic heterocycles. The van der Waals surface area contributed by atoms with Crippen LogP contribution in [-0.2, 0) is 9.59 Å². The lowest BCUT2D eigenvalue weighted by Gasteiger charge is -2.36. The van der Waals surface area contributed by atoms with Gasteiger partial charge in [-0.05, 0) is 19.8 Å². The summed E-state index contributed by atoms with van der Waals surface area (Å²) in [6.07, 6.45) is 2.05. The smallest absolute Gasteiger partial charge is 0.277 e. The van der Waals surface area contributed by atoms with E-state index in [2.05, 4.69) is 5.32 Å². The molecule has 90 valence electrons. The van der Waals surface area contributed by atoms with Crippen molar-refractivity contribution in [2.45, 2.75) is 40.0 Å². The van der Waals surface area contributed by atoms with Crippen LogP contribution in [0.5, 0.6) is 0 Å². The van der Waals surface area contributed by atoms with Gasteiger partial charge in [-0.15, -0.1) is 0 Å². The molecule has 16 heavy (non-hydrogen) atoms. The van der Waals surface area contributed by atoms with E-state index in [0.717, 1.165) is 17.7 Å². The van der Waals surface area contributed by atoms with Crippen LogP contribution in [0, 0.1) is 5.41 Å². The molecule has 1 aliphatic heterocycles. The van der Waals surface area contributed by atoms with Gasteiger partial charge in [0.15, 0.2) is 0 Å². The van der Waals surface area contributed by atoms with E-state index in [1.807, 2.05) is 6.92 Å². The van der Waals surface area contributed by atoms with E-state index in [9.17, 15) is 14.4 Å². The number of urea groups is 1. The first kappa shape index (κ1) is 12.7. The maximum Gasteiger partial charge on any atom is 0.330 e. The molecule has 0 spiro atoms. The van der Waals surface area contributed by atoms with Gasteiger partial charge in [0.2, 0.25) is 11.8 Å². The highest BCUT2D eigenvalue weighted by molar-refractivity contribution is 6.18. The Hall–Kier alpha value is -1.39. The second-order valence-corrected chi connectivity index (χ2v) is 4.26. The zero-order valence-corrected chi connectivity index (χ0v) is 10.0. The summed E-state index contributed by atoms with van der Waals surface area (Å²) < 4.78 is 0. The number of amides is 4. The minimum Gasteiger partial charge on any atom is -0.277 e. The number of nitrogens with zero attached hydrogens (tertiary/aromatic N) is 1. The lowest BCUT2D eigenvalue weighted by Crippen LogP contribution is -2.62. The standard InChI is InChI=1S/C11H18N2O3/c1-4-6-7-13-9(15)11(3,5-2)8(14)12-10(13)16/h4-7H2,1-3H3,(H,12,14,16). The van der Waals surface area contributed by atoms with Crippen molar-refractivity contribution >= 4 is 17.8 Å². The predicted molar refractivity (Wildman–Crippen MR) is 58.6 cm³/mol. The van der Waals surface area contributed by atoms with Gasteiger partial charge in [0.25, 0.3) is 0 Å². The van der Waals surface area contributed by atoms with Crippen LogP contribution >= 0.6 is 0 Å². The minimum atomic E-state index is -1.10. The molecule has 0 aromatic rings. The summed E-state index contributed by atoms with van der Waals surface area (Å²) in [6.45, 7) is 5.71. The molecule has 5 heteroatoms. The molecule has 0 saturated carbocycles. The SMILES string of the molecule is CCCCN1C(=O)NC(=O)C(C)(CC)C1=O. The quantitative estimate of drug-likeness (QED) is 0.734. The van der Waals surface area contributed by atoms with Gasteiger partial charge in [-0.3, -0.25) is 19.8 Å². The number of imide groups is 2. The average Bonchev–Trinajstić information content (AvgIpc) is 2.26. The van der Waals surface area contributed by atoms with Crippen LogP contribution in [0.15, 0.2) is 0 Å². The third-order valence-electron chi connectivity index (χ3n) is 3.13. The number of rotatable bonds is 4. The summed E-state index contributed by atoms with van der Waals surface area (Å²) >= 11 is 0. The van der Waals surface area contributed by atoms with Crippen molar-refractivity contribution in [3.05, 3.63) is 0 Å². The van der Waals surface area contributed by atoms with E-state index in [-0.39, 0.29) is 5.91 Å². The molecule has 0 aromatic carbocycles. The van der Waals surface area contributed by atoms with Gasteiger partial charge < -0.3 is 0 Å². The third-order valence-corrected chi connectivity index (χ3v) is 3.13. The predicted octanol–water partition coefficient (Wildman–Crippen LogP) is 1.28. The molecule has 0 bridgehead atoms. The molecule has 1 fully saturated rings. The lowest BCUT2D eigenvalue weighted by atomic mass is 9.83. The number of unbranched alkanes of at least 4 members (excludes halogenated alkanes) is 1. The molecule has 4 amide bonds. The molecule has 1 heterocycles. The maximum atomic E-state index is 12.0. The Bertz CT molecular complexity index is 327.